The minimum absolute atomic E-state index is 0.0257. The second-order valence-corrected chi connectivity index (χ2v) is 4.34. The van der Waals surface area contributed by atoms with Gasteiger partial charge in [-0.1, -0.05) is 19.1 Å². The van der Waals surface area contributed by atoms with Gasteiger partial charge < -0.3 is 10.1 Å². The maximum atomic E-state index is 12.0. The van der Waals surface area contributed by atoms with E-state index in [0.717, 1.165) is 6.42 Å². The van der Waals surface area contributed by atoms with E-state index in [4.69, 9.17) is 17.0 Å². The van der Waals surface area contributed by atoms with Crippen LogP contribution in [-0.2, 0) is 4.79 Å². The predicted molar refractivity (Wildman–Crippen MR) is 79.2 cm³/mol. The molecule has 20 heavy (non-hydrogen) atoms. The maximum Gasteiger partial charge on any atom is 0.273 e. The molecule has 0 atom stereocenters. The molecule has 7 heteroatoms. The molecule has 0 saturated carbocycles. The van der Waals surface area contributed by atoms with E-state index in [1.165, 1.54) is 6.92 Å². The molecule has 0 aliphatic carbocycles. The highest BCUT2D eigenvalue weighted by molar-refractivity contribution is 7.80. The van der Waals surface area contributed by atoms with Crippen LogP contribution in [0.5, 0.6) is 5.75 Å². The Morgan fingerprint density at radius 1 is 1.25 bits per heavy atom. The first-order chi connectivity index (χ1) is 9.54. The molecule has 0 unspecified atom stereocenters. The van der Waals surface area contributed by atoms with Crippen LogP contribution in [0.4, 0.5) is 0 Å². The van der Waals surface area contributed by atoms with Crippen molar-refractivity contribution >= 4 is 29.1 Å². The largest absolute Gasteiger partial charge is 0.493 e. The molecule has 0 radical (unpaired) electrons. The Morgan fingerprint density at radius 2 is 1.95 bits per heavy atom. The fraction of sp³-hybridized carbons (Fsp3) is 0.308. The van der Waals surface area contributed by atoms with Gasteiger partial charge in [-0.3, -0.25) is 20.4 Å². The summed E-state index contributed by atoms with van der Waals surface area (Å²) in [6, 6.07) is 6.89. The smallest absolute Gasteiger partial charge is 0.273 e. The molecule has 0 heterocycles. The van der Waals surface area contributed by atoms with Gasteiger partial charge in [-0.05, 0) is 30.8 Å². The molecule has 0 aliphatic heterocycles. The molecule has 0 bridgehead atoms. The van der Waals surface area contributed by atoms with Crippen LogP contribution in [0.25, 0.3) is 0 Å². The van der Waals surface area contributed by atoms with Crippen LogP contribution in [0, 0.1) is 0 Å². The molecule has 108 valence electrons. The lowest BCUT2D eigenvalue weighted by atomic mass is 10.2. The van der Waals surface area contributed by atoms with Crippen molar-refractivity contribution in [3.63, 3.8) is 0 Å². The van der Waals surface area contributed by atoms with Crippen molar-refractivity contribution in [1.82, 2.24) is 16.2 Å². The fourth-order valence-corrected chi connectivity index (χ4v) is 1.56. The summed E-state index contributed by atoms with van der Waals surface area (Å²) in [5, 5.41) is 2.36. The van der Waals surface area contributed by atoms with E-state index in [9.17, 15) is 9.59 Å². The summed E-state index contributed by atoms with van der Waals surface area (Å²) in [6.07, 6.45) is 0.848. The zero-order chi connectivity index (χ0) is 15.0. The van der Waals surface area contributed by atoms with Gasteiger partial charge in [0.1, 0.15) is 5.75 Å². The molecule has 1 aromatic rings. The standard InChI is InChI=1S/C13H17N3O3S/c1-3-8-19-11-7-5-4-6-10(11)12(18)15-16-13(20)14-9(2)17/h4-7H,3,8H2,1-2H3,(H,15,18)(H2,14,16,17,20). The van der Waals surface area contributed by atoms with Crippen molar-refractivity contribution in [2.45, 2.75) is 20.3 Å². The van der Waals surface area contributed by atoms with E-state index in [0.29, 0.717) is 17.9 Å². The van der Waals surface area contributed by atoms with Gasteiger partial charge in [0, 0.05) is 6.92 Å². The molecule has 0 fully saturated rings. The molecule has 0 saturated heterocycles. The molecule has 0 aliphatic rings. The summed E-state index contributed by atoms with van der Waals surface area (Å²) < 4.78 is 5.49. The Kier molecular flexibility index (Phi) is 6.45. The van der Waals surface area contributed by atoms with Crippen molar-refractivity contribution in [1.29, 1.82) is 0 Å². The van der Waals surface area contributed by atoms with Gasteiger partial charge in [0.05, 0.1) is 12.2 Å². The summed E-state index contributed by atoms with van der Waals surface area (Å²) in [5.41, 5.74) is 5.22. The molecule has 1 aromatic carbocycles. The van der Waals surface area contributed by atoms with Crippen LogP contribution in [-0.4, -0.2) is 23.5 Å². The first kappa shape index (κ1) is 15.9. The molecule has 0 spiro atoms. The third-order valence-electron chi connectivity index (χ3n) is 2.17. The first-order valence-electron chi connectivity index (χ1n) is 6.14. The molecule has 1 rings (SSSR count). The Labute approximate surface area is 122 Å². The number of carbonyl (C=O) groups is 2. The molecule has 0 aromatic heterocycles. The Morgan fingerprint density at radius 3 is 2.60 bits per heavy atom. The quantitative estimate of drug-likeness (QED) is 0.573. The van der Waals surface area contributed by atoms with Gasteiger partial charge in [0.25, 0.3) is 5.91 Å². The lowest BCUT2D eigenvalue weighted by Crippen LogP contribution is -2.48. The van der Waals surface area contributed by atoms with Crippen molar-refractivity contribution < 1.29 is 14.3 Å². The number of para-hydroxylation sites is 1. The average molecular weight is 295 g/mol. The van der Waals surface area contributed by atoms with Crippen LogP contribution >= 0.6 is 12.2 Å². The van der Waals surface area contributed by atoms with E-state index in [1.807, 2.05) is 6.92 Å². The number of hydrazine groups is 1. The van der Waals surface area contributed by atoms with Crippen molar-refractivity contribution in [3.8, 4) is 5.75 Å². The minimum Gasteiger partial charge on any atom is -0.493 e. The molecular weight excluding hydrogens is 278 g/mol. The summed E-state index contributed by atoms with van der Waals surface area (Å²) in [6.45, 7) is 3.84. The second-order valence-electron chi connectivity index (χ2n) is 3.93. The number of rotatable bonds is 4. The number of benzene rings is 1. The van der Waals surface area contributed by atoms with Crippen LogP contribution in [0.1, 0.15) is 30.6 Å². The van der Waals surface area contributed by atoms with Crippen LogP contribution in [0.2, 0.25) is 0 Å². The SMILES string of the molecule is CCCOc1ccccc1C(=O)NNC(=S)NC(C)=O. The number of ether oxygens (including phenoxy) is 1. The van der Waals surface area contributed by atoms with E-state index in [1.54, 1.807) is 24.3 Å². The molecule has 3 N–H and O–H groups in total. The van der Waals surface area contributed by atoms with Gasteiger partial charge in [0.15, 0.2) is 5.11 Å². The zero-order valence-electron chi connectivity index (χ0n) is 11.4. The summed E-state index contributed by atoms with van der Waals surface area (Å²) in [7, 11) is 0. The zero-order valence-corrected chi connectivity index (χ0v) is 12.2. The third-order valence-corrected chi connectivity index (χ3v) is 2.38. The number of hydrogen-bond donors (Lipinski definition) is 3. The number of thiocarbonyl (C=S) groups is 1. The van der Waals surface area contributed by atoms with Crippen molar-refractivity contribution in [2.75, 3.05) is 6.61 Å². The fourth-order valence-electron chi connectivity index (χ4n) is 1.36. The highest BCUT2D eigenvalue weighted by atomic mass is 32.1. The average Bonchev–Trinajstić information content (AvgIpc) is 2.42. The first-order valence-corrected chi connectivity index (χ1v) is 6.55. The highest BCUT2D eigenvalue weighted by Gasteiger charge is 2.12. The van der Waals surface area contributed by atoms with E-state index in [-0.39, 0.29) is 11.0 Å². The summed E-state index contributed by atoms with van der Waals surface area (Å²) in [4.78, 5) is 22.8. The molecule has 6 nitrogen and oxygen atoms in total. The van der Waals surface area contributed by atoms with Gasteiger partial charge >= 0.3 is 0 Å². The van der Waals surface area contributed by atoms with Crippen molar-refractivity contribution in [3.05, 3.63) is 29.8 Å². The van der Waals surface area contributed by atoms with Crippen LogP contribution < -0.4 is 20.9 Å². The Bertz CT molecular complexity index is 505. The van der Waals surface area contributed by atoms with Gasteiger partial charge in [0.2, 0.25) is 5.91 Å². The lowest BCUT2D eigenvalue weighted by Gasteiger charge is -2.12. The van der Waals surface area contributed by atoms with E-state index in [2.05, 4.69) is 16.2 Å². The minimum atomic E-state index is -0.399. The number of nitrogens with one attached hydrogen (secondary N) is 3. The topological polar surface area (TPSA) is 79.5 Å². The monoisotopic (exact) mass is 295 g/mol. The molecular formula is C13H17N3O3S. The van der Waals surface area contributed by atoms with Crippen LogP contribution in [0.3, 0.4) is 0 Å². The van der Waals surface area contributed by atoms with Gasteiger partial charge in [-0.15, -0.1) is 0 Å². The van der Waals surface area contributed by atoms with Crippen molar-refractivity contribution in [2.24, 2.45) is 0 Å². The predicted octanol–water partition coefficient (Wildman–Crippen LogP) is 1.13. The molecule has 2 amide bonds. The number of amides is 2. The van der Waals surface area contributed by atoms with Gasteiger partial charge in [-0.25, -0.2) is 0 Å². The third kappa shape index (κ3) is 5.23. The van der Waals surface area contributed by atoms with Crippen LogP contribution in [0.15, 0.2) is 24.3 Å². The summed E-state index contributed by atoms with van der Waals surface area (Å²) in [5.74, 6) is -0.216. The Hall–Kier alpha value is -2.15. The summed E-state index contributed by atoms with van der Waals surface area (Å²) >= 11 is 4.81. The normalized spacial score (nSPS) is 9.50. The number of hydrogen-bond acceptors (Lipinski definition) is 4. The van der Waals surface area contributed by atoms with E-state index < -0.39 is 5.91 Å². The maximum absolute atomic E-state index is 12.0. The van der Waals surface area contributed by atoms with Gasteiger partial charge in [-0.2, -0.15) is 0 Å². The Balaban J connectivity index is 2.63. The lowest BCUT2D eigenvalue weighted by molar-refractivity contribution is -0.117. The second kappa shape index (κ2) is 8.11. The number of carbonyl (C=O) groups excluding carboxylic acids is 2. The van der Waals surface area contributed by atoms with E-state index >= 15 is 0 Å². The highest BCUT2D eigenvalue weighted by Crippen LogP contribution is 2.17.